The molecule has 0 aliphatic carbocycles. The number of carboxylic acid groups (broad SMARTS) is 1. The number of hydrogen-bond donors (Lipinski definition) is 1. The van der Waals surface area contributed by atoms with Gasteiger partial charge in [0.25, 0.3) is 0 Å². The van der Waals surface area contributed by atoms with Crippen LogP contribution >= 0.6 is 0 Å². The smallest absolute Gasteiger partial charge is 0.329 e. The van der Waals surface area contributed by atoms with Crippen molar-refractivity contribution < 1.29 is 9.90 Å². The van der Waals surface area contributed by atoms with Gasteiger partial charge in [-0.05, 0) is 12.8 Å². The molecule has 0 fully saturated rings. The van der Waals surface area contributed by atoms with E-state index in [1.165, 1.54) is 12.7 Å². The fourth-order valence-electron chi connectivity index (χ4n) is 1.45. The highest BCUT2D eigenvalue weighted by molar-refractivity contribution is 5.76. The number of rotatable bonds is 4. The van der Waals surface area contributed by atoms with Crippen molar-refractivity contribution in [2.45, 2.75) is 32.2 Å². The maximum Gasteiger partial charge on any atom is 0.329 e. The minimum Gasteiger partial charge on any atom is -0.479 e. The van der Waals surface area contributed by atoms with Gasteiger partial charge < -0.3 is 9.67 Å². The van der Waals surface area contributed by atoms with E-state index in [2.05, 4.69) is 10.2 Å². The van der Waals surface area contributed by atoms with Gasteiger partial charge in [-0.15, -0.1) is 10.2 Å². The van der Waals surface area contributed by atoms with Gasteiger partial charge >= 0.3 is 5.97 Å². The number of aliphatic carboxylic acids is 1. The van der Waals surface area contributed by atoms with Gasteiger partial charge in [0, 0.05) is 0 Å². The normalized spacial score (nSPS) is 11.5. The summed E-state index contributed by atoms with van der Waals surface area (Å²) >= 11 is 0. The van der Waals surface area contributed by atoms with Crippen LogP contribution in [0.3, 0.4) is 0 Å². The molecule has 5 nitrogen and oxygen atoms in total. The van der Waals surface area contributed by atoms with Crippen LogP contribution in [-0.4, -0.2) is 25.8 Å². The van der Waals surface area contributed by atoms with Crippen molar-refractivity contribution in [1.82, 2.24) is 14.8 Å². The summed E-state index contributed by atoms with van der Waals surface area (Å²) in [6, 6.07) is 0. The van der Waals surface area contributed by atoms with E-state index >= 15 is 0 Å². The Labute approximate surface area is 76.4 Å². The Morgan fingerprint density at radius 3 is 2.15 bits per heavy atom. The lowest BCUT2D eigenvalue weighted by Gasteiger charge is -2.27. The fourth-order valence-corrected chi connectivity index (χ4v) is 1.45. The predicted molar refractivity (Wildman–Crippen MR) is 46.2 cm³/mol. The highest BCUT2D eigenvalue weighted by Crippen LogP contribution is 2.24. The molecule has 0 saturated carbocycles. The van der Waals surface area contributed by atoms with Crippen LogP contribution in [-0.2, 0) is 10.3 Å². The van der Waals surface area contributed by atoms with E-state index in [1.54, 1.807) is 4.57 Å². The van der Waals surface area contributed by atoms with Crippen LogP contribution in [0.1, 0.15) is 26.7 Å². The molecule has 0 spiro atoms. The van der Waals surface area contributed by atoms with E-state index in [0.29, 0.717) is 12.8 Å². The molecule has 0 unspecified atom stereocenters. The lowest BCUT2D eigenvalue weighted by molar-refractivity contribution is -0.148. The van der Waals surface area contributed by atoms with Crippen LogP contribution < -0.4 is 0 Å². The molecule has 1 N–H and O–H groups in total. The van der Waals surface area contributed by atoms with E-state index in [-0.39, 0.29) is 0 Å². The average Bonchev–Trinajstić information content (AvgIpc) is 2.60. The topological polar surface area (TPSA) is 68.0 Å². The van der Waals surface area contributed by atoms with Crippen LogP contribution in [0.25, 0.3) is 0 Å². The largest absolute Gasteiger partial charge is 0.479 e. The Morgan fingerprint density at radius 1 is 1.38 bits per heavy atom. The maximum absolute atomic E-state index is 11.1. The van der Waals surface area contributed by atoms with Crippen LogP contribution in [0, 0.1) is 0 Å². The fraction of sp³-hybridized carbons (Fsp3) is 0.625. The van der Waals surface area contributed by atoms with Crippen LogP contribution in [0.4, 0.5) is 0 Å². The van der Waals surface area contributed by atoms with Gasteiger partial charge in [-0.1, -0.05) is 13.8 Å². The molecule has 0 aliphatic rings. The van der Waals surface area contributed by atoms with Crippen molar-refractivity contribution in [2.75, 3.05) is 0 Å². The molecule has 0 bridgehead atoms. The van der Waals surface area contributed by atoms with Gasteiger partial charge in [-0.25, -0.2) is 4.79 Å². The molecule has 0 saturated heterocycles. The molecule has 1 heterocycles. The first-order valence-corrected chi connectivity index (χ1v) is 4.26. The van der Waals surface area contributed by atoms with Crippen molar-refractivity contribution in [3.63, 3.8) is 0 Å². The maximum atomic E-state index is 11.1. The van der Waals surface area contributed by atoms with Crippen molar-refractivity contribution in [2.24, 2.45) is 0 Å². The van der Waals surface area contributed by atoms with Crippen molar-refractivity contribution in [3.05, 3.63) is 12.7 Å². The third-order valence-corrected chi connectivity index (χ3v) is 2.48. The molecular weight excluding hydrogens is 170 g/mol. The number of hydrogen-bond acceptors (Lipinski definition) is 3. The lowest BCUT2D eigenvalue weighted by Crippen LogP contribution is -2.40. The van der Waals surface area contributed by atoms with E-state index in [0.717, 1.165) is 0 Å². The zero-order chi connectivity index (χ0) is 9.90. The van der Waals surface area contributed by atoms with Gasteiger partial charge in [-0.3, -0.25) is 0 Å². The molecule has 5 heteroatoms. The molecule has 0 aliphatic heterocycles. The van der Waals surface area contributed by atoms with Crippen molar-refractivity contribution in [3.8, 4) is 0 Å². The number of aromatic nitrogens is 3. The molecular formula is C8H13N3O2. The van der Waals surface area contributed by atoms with Crippen molar-refractivity contribution in [1.29, 1.82) is 0 Å². The first-order valence-electron chi connectivity index (χ1n) is 4.26. The Hall–Kier alpha value is -1.39. The van der Waals surface area contributed by atoms with E-state index in [1.807, 2.05) is 13.8 Å². The summed E-state index contributed by atoms with van der Waals surface area (Å²) in [5, 5.41) is 16.4. The monoisotopic (exact) mass is 183 g/mol. The Morgan fingerprint density at radius 2 is 1.85 bits per heavy atom. The van der Waals surface area contributed by atoms with Gasteiger partial charge in [0.1, 0.15) is 18.2 Å². The summed E-state index contributed by atoms with van der Waals surface area (Å²) in [5.41, 5.74) is -0.885. The van der Waals surface area contributed by atoms with Crippen LogP contribution in [0.5, 0.6) is 0 Å². The molecule has 0 amide bonds. The van der Waals surface area contributed by atoms with Gasteiger partial charge in [-0.2, -0.15) is 0 Å². The third kappa shape index (κ3) is 1.41. The second-order valence-corrected chi connectivity index (χ2v) is 2.91. The van der Waals surface area contributed by atoms with Gasteiger partial charge in [0.15, 0.2) is 0 Å². The van der Waals surface area contributed by atoms with Gasteiger partial charge in [0.2, 0.25) is 0 Å². The predicted octanol–water partition coefficient (Wildman–Crippen LogP) is 0.878. The Balaban J connectivity index is 3.11. The average molecular weight is 183 g/mol. The molecule has 0 atom stereocenters. The quantitative estimate of drug-likeness (QED) is 0.752. The van der Waals surface area contributed by atoms with E-state index in [4.69, 9.17) is 5.11 Å². The summed E-state index contributed by atoms with van der Waals surface area (Å²) in [7, 11) is 0. The second-order valence-electron chi connectivity index (χ2n) is 2.91. The molecule has 1 aromatic heterocycles. The first-order chi connectivity index (χ1) is 6.17. The minimum atomic E-state index is -0.885. The van der Waals surface area contributed by atoms with Crippen LogP contribution in [0.15, 0.2) is 12.7 Å². The lowest BCUT2D eigenvalue weighted by atomic mass is 9.93. The number of nitrogens with zero attached hydrogens (tertiary/aromatic N) is 3. The summed E-state index contributed by atoms with van der Waals surface area (Å²) in [6.45, 7) is 3.69. The second kappa shape index (κ2) is 3.55. The highest BCUT2D eigenvalue weighted by atomic mass is 16.4. The minimum absolute atomic E-state index is 0.525. The first kappa shape index (κ1) is 9.70. The molecule has 0 radical (unpaired) electrons. The number of carboxylic acids is 1. The van der Waals surface area contributed by atoms with E-state index in [9.17, 15) is 4.79 Å². The van der Waals surface area contributed by atoms with Crippen molar-refractivity contribution >= 4 is 5.97 Å². The standard InChI is InChI=1S/C8H13N3O2/c1-3-8(4-2,7(12)13)11-5-9-10-6-11/h5-6H,3-4H2,1-2H3,(H,12,13). The zero-order valence-electron chi connectivity index (χ0n) is 7.77. The molecule has 1 rings (SSSR count). The molecule has 0 aromatic carbocycles. The SMILES string of the molecule is CCC(CC)(C(=O)O)n1cnnc1. The zero-order valence-corrected chi connectivity index (χ0v) is 7.77. The summed E-state index contributed by atoms with van der Waals surface area (Å²) in [5.74, 6) is -0.836. The summed E-state index contributed by atoms with van der Waals surface area (Å²) in [4.78, 5) is 11.1. The summed E-state index contributed by atoms with van der Waals surface area (Å²) in [6.07, 6.45) is 3.94. The highest BCUT2D eigenvalue weighted by Gasteiger charge is 2.36. The Kier molecular flexibility index (Phi) is 2.65. The molecule has 72 valence electrons. The third-order valence-electron chi connectivity index (χ3n) is 2.48. The molecule has 1 aromatic rings. The molecule has 13 heavy (non-hydrogen) atoms. The van der Waals surface area contributed by atoms with Gasteiger partial charge in [0.05, 0.1) is 0 Å². The van der Waals surface area contributed by atoms with E-state index < -0.39 is 11.5 Å². The Bertz CT molecular complexity index is 278. The van der Waals surface area contributed by atoms with Crippen LogP contribution in [0.2, 0.25) is 0 Å². The summed E-state index contributed by atoms with van der Waals surface area (Å²) < 4.78 is 1.55. The number of carbonyl (C=O) groups is 1.